The van der Waals surface area contributed by atoms with E-state index in [1.807, 2.05) is 0 Å². The van der Waals surface area contributed by atoms with Gasteiger partial charge in [0.2, 0.25) is 0 Å². The first-order valence-corrected chi connectivity index (χ1v) is 6.98. The van der Waals surface area contributed by atoms with Crippen molar-refractivity contribution in [1.29, 1.82) is 0 Å². The molecule has 1 aromatic carbocycles. The molecule has 1 unspecified atom stereocenters. The van der Waals surface area contributed by atoms with Gasteiger partial charge in [-0.05, 0) is 25.5 Å². The van der Waals surface area contributed by atoms with Gasteiger partial charge >= 0.3 is 0 Å². The minimum absolute atomic E-state index is 0.0115. The van der Waals surface area contributed by atoms with Crippen molar-refractivity contribution in [3.05, 3.63) is 50.0 Å². The zero-order valence-corrected chi connectivity index (χ0v) is 12.3. The van der Waals surface area contributed by atoms with E-state index in [-0.39, 0.29) is 17.6 Å². The first-order chi connectivity index (χ1) is 9.88. The highest BCUT2D eigenvalue weighted by molar-refractivity contribution is 7.13. The number of aromatic nitrogens is 1. The first-order valence-electron chi connectivity index (χ1n) is 6.16. The molecule has 7 nitrogen and oxygen atoms in total. The lowest BCUT2D eigenvalue weighted by Crippen LogP contribution is -2.11. The van der Waals surface area contributed by atoms with Gasteiger partial charge in [-0.1, -0.05) is 0 Å². The number of hydrogen-bond donors (Lipinski definition) is 2. The third-order valence-corrected chi connectivity index (χ3v) is 4.00. The second-order valence-electron chi connectivity index (χ2n) is 4.56. The number of aryl methyl sites for hydroxylation is 1. The average Bonchev–Trinajstić information content (AvgIpc) is 2.90. The number of amides is 1. The van der Waals surface area contributed by atoms with Crippen LogP contribution in [0.15, 0.2) is 24.4 Å². The van der Waals surface area contributed by atoms with Gasteiger partial charge < -0.3 is 11.1 Å². The van der Waals surface area contributed by atoms with Gasteiger partial charge in [0.15, 0.2) is 0 Å². The predicted octanol–water partition coefficient (Wildman–Crippen LogP) is 2.63. The summed E-state index contributed by atoms with van der Waals surface area (Å²) in [4.78, 5) is 26.8. The lowest BCUT2D eigenvalue weighted by Gasteiger charge is -2.06. The molecule has 8 heteroatoms. The molecule has 0 saturated carbocycles. The van der Waals surface area contributed by atoms with Crippen LogP contribution in [0.5, 0.6) is 0 Å². The number of non-ortho nitro benzene ring substituents is 1. The maximum absolute atomic E-state index is 12.1. The van der Waals surface area contributed by atoms with Crippen molar-refractivity contribution in [2.24, 2.45) is 5.73 Å². The highest BCUT2D eigenvalue weighted by Crippen LogP contribution is 2.23. The van der Waals surface area contributed by atoms with Gasteiger partial charge in [-0.3, -0.25) is 14.9 Å². The molecule has 110 valence electrons. The van der Waals surface area contributed by atoms with Crippen molar-refractivity contribution in [2.45, 2.75) is 19.9 Å². The maximum Gasteiger partial charge on any atom is 0.269 e. The molecule has 1 amide bonds. The number of thiazole rings is 1. The van der Waals surface area contributed by atoms with Crippen LogP contribution in [0.1, 0.15) is 33.2 Å². The van der Waals surface area contributed by atoms with Crippen LogP contribution >= 0.6 is 11.3 Å². The zero-order chi connectivity index (χ0) is 15.6. The smallest absolute Gasteiger partial charge is 0.269 e. The van der Waals surface area contributed by atoms with E-state index in [9.17, 15) is 14.9 Å². The molecule has 0 spiro atoms. The molecule has 2 rings (SSSR count). The lowest BCUT2D eigenvalue weighted by molar-refractivity contribution is -0.384. The standard InChI is InChI=1S/C13H14N4O3S/c1-7-5-9(17(19)20)3-4-10(7)16-12(18)11-6-15-13(21-11)8(2)14/h3-6,8H,14H2,1-2H3,(H,16,18). The number of carbonyl (C=O) groups is 1. The predicted molar refractivity (Wildman–Crippen MR) is 80.5 cm³/mol. The van der Waals surface area contributed by atoms with Crippen LogP contribution in [0.4, 0.5) is 11.4 Å². The minimum Gasteiger partial charge on any atom is -0.322 e. The number of nitrogens with zero attached hydrogens (tertiary/aromatic N) is 2. The lowest BCUT2D eigenvalue weighted by atomic mass is 10.2. The van der Waals surface area contributed by atoms with Crippen molar-refractivity contribution in [3.63, 3.8) is 0 Å². The summed E-state index contributed by atoms with van der Waals surface area (Å²) in [7, 11) is 0. The molecule has 0 saturated heterocycles. The molecule has 0 aliphatic rings. The van der Waals surface area contributed by atoms with Crippen LogP contribution in [-0.2, 0) is 0 Å². The Morgan fingerprint density at radius 3 is 2.76 bits per heavy atom. The second kappa shape index (κ2) is 5.98. The summed E-state index contributed by atoms with van der Waals surface area (Å²) in [5.74, 6) is -0.309. The molecule has 0 aliphatic carbocycles. The van der Waals surface area contributed by atoms with E-state index in [0.717, 1.165) is 0 Å². The number of benzene rings is 1. The summed E-state index contributed by atoms with van der Waals surface area (Å²) in [5, 5.41) is 14.1. The van der Waals surface area contributed by atoms with E-state index in [1.54, 1.807) is 13.8 Å². The van der Waals surface area contributed by atoms with Crippen LogP contribution in [0.2, 0.25) is 0 Å². The fourth-order valence-corrected chi connectivity index (χ4v) is 2.45. The summed E-state index contributed by atoms with van der Waals surface area (Å²) >= 11 is 1.23. The Balaban J connectivity index is 2.17. The van der Waals surface area contributed by atoms with Gasteiger partial charge in [-0.2, -0.15) is 0 Å². The van der Waals surface area contributed by atoms with Crippen molar-refractivity contribution in [1.82, 2.24) is 4.98 Å². The fourth-order valence-electron chi connectivity index (χ4n) is 1.69. The molecule has 0 radical (unpaired) electrons. The second-order valence-corrected chi connectivity index (χ2v) is 5.62. The van der Waals surface area contributed by atoms with Crippen LogP contribution in [-0.4, -0.2) is 15.8 Å². The summed E-state index contributed by atoms with van der Waals surface area (Å²) in [6, 6.07) is 4.05. The highest BCUT2D eigenvalue weighted by atomic mass is 32.1. The average molecular weight is 306 g/mol. The van der Waals surface area contributed by atoms with E-state index in [4.69, 9.17) is 5.73 Å². The number of anilines is 1. The van der Waals surface area contributed by atoms with Crippen molar-refractivity contribution in [3.8, 4) is 0 Å². The Morgan fingerprint density at radius 2 is 2.24 bits per heavy atom. The molecule has 0 bridgehead atoms. The van der Waals surface area contributed by atoms with E-state index in [1.165, 1.54) is 35.7 Å². The Kier molecular flexibility index (Phi) is 4.29. The summed E-state index contributed by atoms with van der Waals surface area (Å²) in [6.07, 6.45) is 1.47. The normalized spacial score (nSPS) is 12.0. The molecular formula is C13H14N4O3S. The van der Waals surface area contributed by atoms with Crippen LogP contribution < -0.4 is 11.1 Å². The van der Waals surface area contributed by atoms with Crippen molar-refractivity contribution >= 4 is 28.6 Å². The monoisotopic (exact) mass is 306 g/mol. The molecule has 1 aromatic heterocycles. The molecular weight excluding hydrogens is 292 g/mol. The van der Waals surface area contributed by atoms with E-state index < -0.39 is 4.92 Å². The first kappa shape index (κ1) is 15.1. The largest absolute Gasteiger partial charge is 0.322 e. The number of nitrogens with two attached hydrogens (primary N) is 1. The Morgan fingerprint density at radius 1 is 1.52 bits per heavy atom. The van der Waals surface area contributed by atoms with Gasteiger partial charge in [0.25, 0.3) is 11.6 Å². The van der Waals surface area contributed by atoms with Gasteiger partial charge in [0.05, 0.1) is 17.2 Å². The SMILES string of the molecule is Cc1cc([N+](=O)[O-])ccc1NC(=O)c1cnc(C(C)N)s1. The molecule has 0 aliphatic heterocycles. The topological polar surface area (TPSA) is 111 Å². The molecule has 3 N–H and O–H groups in total. The van der Waals surface area contributed by atoms with Gasteiger partial charge in [-0.15, -0.1) is 11.3 Å². The summed E-state index contributed by atoms with van der Waals surface area (Å²) in [5.41, 5.74) is 6.84. The Bertz CT molecular complexity index is 696. The third-order valence-electron chi connectivity index (χ3n) is 2.81. The van der Waals surface area contributed by atoms with Crippen LogP contribution in [0.25, 0.3) is 0 Å². The minimum atomic E-state index is -0.475. The number of carbonyl (C=O) groups excluding carboxylic acids is 1. The van der Waals surface area contributed by atoms with Gasteiger partial charge in [0, 0.05) is 17.8 Å². The van der Waals surface area contributed by atoms with Gasteiger partial charge in [-0.25, -0.2) is 4.98 Å². The number of rotatable bonds is 4. The fraction of sp³-hybridized carbons (Fsp3) is 0.231. The molecule has 2 aromatic rings. The van der Waals surface area contributed by atoms with Crippen molar-refractivity contribution in [2.75, 3.05) is 5.32 Å². The third kappa shape index (κ3) is 3.41. The van der Waals surface area contributed by atoms with Gasteiger partial charge in [0.1, 0.15) is 9.88 Å². The van der Waals surface area contributed by atoms with Crippen molar-refractivity contribution < 1.29 is 9.72 Å². The number of hydrogen-bond acceptors (Lipinski definition) is 6. The molecule has 0 fully saturated rings. The van der Waals surface area contributed by atoms with E-state index in [2.05, 4.69) is 10.3 Å². The quantitative estimate of drug-likeness (QED) is 0.666. The van der Waals surface area contributed by atoms with E-state index >= 15 is 0 Å². The number of nitro groups is 1. The molecule has 1 atom stereocenters. The highest BCUT2D eigenvalue weighted by Gasteiger charge is 2.15. The molecule has 21 heavy (non-hydrogen) atoms. The summed E-state index contributed by atoms with van der Waals surface area (Å²) < 4.78 is 0. The van der Waals surface area contributed by atoms with Crippen LogP contribution in [0, 0.1) is 17.0 Å². The van der Waals surface area contributed by atoms with E-state index in [0.29, 0.717) is 21.1 Å². The molecule has 1 heterocycles. The Labute approximate surface area is 125 Å². The number of nitrogens with one attached hydrogen (secondary N) is 1. The Hall–Kier alpha value is -2.32. The number of nitro benzene ring substituents is 1. The zero-order valence-electron chi connectivity index (χ0n) is 11.5. The summed E-state index contributed by atoms with van der Waals surface area (Å²) in [6.45, 7) is 3.49. The maximum atomic E-state index is 12.1. The van der Waals surface area contributed by atoms with Crippen LogP contribution in [0.3, 0.4) is 0 Å².